The van der Waals surface area contributed by atoms with Crippen LogP contribution in [-0.2, 0) is 0 Å². The first-order valence-corrected chi connectivity index (χ1v) is 11.7. The minimum absolute atomic E-state index is 0.861. The van der Waals surface area contributed by atoms with Crippen molar-refractivity contribution in [3.05, 3.63) is 91.0 Å². The number of hydrogen-bond donors (Lipinski definition) is 1. The van der Waals surface area contributed by atoms with Gasteiger partial charge in [-0.15, -0.1) is 0 Å². The normalized spacial score (nSPS) is 14.4. The van der Waals surface area contributed by atoms with E-state index in [0.29, 0.717) is 0 Å². The summed E-state index contributed by atoms with van der Waals surface area (Å²) in [6.07, 6.45) is 8.97. The van der Waals surface area contributed by atoms with Crippen LogP contribution in [0.3, 0.4) is 0 Å². The van der Waals surface area contributed by atoms with Crippen molar-refractivity contribution in [3.63, 3.8) is 0 Å². The molecule has 0 aliphatic heterocycles. The van der Waals surface area contributed by atoms with E-state index in [-0.39, 0.29) is 0 Å². The summed E-state index contributed by atoms with van der Waals surface area (Å²) in [5, 5.41) is 7.06. The van der Waals surface area contributed by atoms with Gasteiger partial charge in [0.1, 0.15) is 11.2 Å². The zero-order valence-electron chi connectivity index (χ0n) is 18.5. The Morgan fingerprint density at radius 2 is 1.35 bits per heavy atom. The molecule has 0 saturated carbocycles. The molecule has 3 heterocycles. The van der Waals surface area contributed by atoms with Crippen LogP contribution in [0.5, 0.6) is 0 Å². The van der Waals surface area contributed by atoms with E-state index < -0.39 is 0 Å². The highest BCUT2D eigenvalue weighted by molar-refractivity contribution is 6.22. The molecule has 7 aromatic rings. The maximum absolute atomic E-state index is 6.71. The molecule has 34 heavy (non-hydrogen) atoms. The number of furan rings is 1. The van der Waals surface area contributed by atoms with Gasteiger partial charge in [0, 0.05) is 44.1 Å². The topological polar surface area (TPSA) is 49.0 Å². The maximum atomic E-state index is 6.71. The summed E-state index contributed by atoms with van der Waals surface area (Å²) in [4.78, 5) is 0. The predicted molar refractivity (Wildman–Crippen MR) is 143 cm³/mol. The molecule has 8 rings (SSSR count). The zero-order chi connectivity index (χ0) is 22.4. The molecule has 0 bridgehead atoms. The molecule has 0 radical (unpaired) electrons. The molecule has 0 fully saturated rings. The first kappa shape index (κ1) is 18.0. The van der Waals surface area contributed by atoms with Gasteiger partial charge in [0.05, 0.1) is 22.1 Å². The summed E-state index contributed by atoms with van der Waals surface area (Å²) in [5.41, 5.74) is 7.37. The quantitative estimate of drug-likeness (QED) is 0.266. The Morgan fingerprint density at radius 3 is 2.21 bits per heavy atom. The van der Waals surface area contributed by atoms with Gasteiger partial charge in [-0.1, -0.05) is 48.6 Å². The van der Waals surface area contributed by atoms with Crippen LogP contribution in [0.1, 0.15) is 12.8 Å². The van der Waals surface area contributed by atoms with Crippen molar-refractivity contribution < 1.29 is 4.42 Å². The Balaban J connectivity index is 1.54. The summed E-state index contributed by atoms with van der Waals surface area (Å²) in [6, 6.07) is 25.7. The Bertz CT molecular complexity index is 2030. The smallest absolute Gasteiger partial charge is 0.137 e. The van der Waals surface area contributed by atoms with Gasteiger partial charge in [0.15, 0.2) is 0 Å². The van der Waals surface area contributed by atoms with E-state index in [0.717, 1.165) is 56.6 Å². The Labute approximate surface area is 194 Å². The van der Waals surface area contributed by atoms with Crippen molar-refractivity contribution >= 4 is 71.2 Å². The van der Waals surface area contributed by atoms with Crippen LogP contribution in [0.25, 0.3) is 71.2 Å². The second-order valence-corrected chi connectivity index (χ2v) is 9.18. The van der Waals surface area contributed by atoms with Crippen molar-refractivity contribution in [2.45, 2.75) is 12.8 Å². The number of nitrogen functional groups attached to an aromatic ring is 1. The second kappa shape index (κ2) is 6.33. The lowest BCUT2D eigenvalue weighted by molar-refractivity contribution is 0.669. The lowest BCUT2D eigenvalue weighted by atomic mass is 10.1. The minimum Gasteiger partial charge on any atom is -0.456 e. The standard InChI is InChI=1S/C30H21N3O/c31-33-27-16-26-21(19-10-4-6-12-25(19)32(26)18-8-2-1-3-9-18)14-22(27)23-15-24-20-11-5-7-13-29(20)34-30(24)17-28(23)33/h2,4-17H,1,3,31H2. The summed E-state index contributed by atoms with van der Waals surface area (Å²) in [7, 11) is 0. The fourth-order valence-corrected chi connectivity index (χ4v) is 5.77. The molecule has 162 valence electrons. The van der Waals surface area contributed by atoms with Gasteiger partial charge in [-0.3, -0.25) is 4.68 Å². The van der Waals surface area contributed by atoms with Crippen LogP contribution >= 0.6 is 0 Å². The third-order valence-corrected chi connectivity index (χ3v) is 7.33. The van der Waals surface area contributed by atoms with Crippen LogP contribution in [-0.4, -0.2) is 9.24 Å². The average molecular weight is 440 g/mol. The molecule has 0 amide bonds. The molecule has 4 nitrogen and oxygen atoms in total. The fourth-order valence-electron chi connectivity index (χ4n) is 5.77. The van der Waals surface area contributed by atoms with Gasteiger partial charge in [-0.2, -0.15) is 0 Å². The largest absolute Gasteiger partial charge is 0.456 e. The van der Waals surface area contributed by atoms with E-state index >= 15 is 0 Å². The number of para-hydroxylation sites is 2. The number of nitrogens with two attached hydrogens (primary N) is 1. The molecular formula is C30H21N3O. The van der Waals surface area contributed by atoms with Gasteiger partial charge >= 0.3 is 0 Å². The van der Waals surface area contributed by atoms with Gasteiger partial charge in [0.2, 0.25) is 0 Å². The molecule has 0 saturated heterocycles. The number of allylic oxidation sites excluding steroid dienone is 4. The van der Waals surface area contributed by atoms with Crippen molar-refractivity contribution in [2.75, 3.05) is 5.84 Å². The van der Waals surface area contributed by atoms with Gasteiger partial charge < -0.3 is 14.8 Å². The third kappa shape index (κ3) is 2.22. The van der Waals surface area contributed by atoms with Crippen molar-refractivity contribution in [2.24, 2.45) is 0 Å². The highest BCUT2D eigenvalue weighted by atomic mass is 16.3. The van der Waals surface area contributed by atoms with Crippen molar-refractivity contribution in [3.8, 4) is 0 Å². The molecule has 0 atom stereocenters. The molecule has 0 unspecified atom stereocenters. The molecule has 4 heteroatoms. The number of aromatic nitrogens is 2. The Morgan fingerprint density at radius 1 is 0.618 bits per heavy atom. The van der Waals surface area contributed by atoms with E-state index in [1.807, 2.05) is 16.8 Å². The van der Waals surface area contributed by atoms with Gasteiger partial charge in [-0.05, 0) is 49.2 Å². The maximum Gasteiger partial charge on any atom is 0.137 e. The summed E-state index contributed by atoms with van der Waals surface area (Å²) in [6.45, 7) is 0. The Kier molecular flexibility index (Phi) is 3.36. The molecule has 2 N–H and O–H groups in total. The number of fused-ring (bicyclic) bond motifs is 9. The second-order valence-electron chi connectivity index (χ2n) is 9.18. The third-order valence-electron chi connectivity index (χ3n) is 7.33. The minimum atomic E-state index is 0.861. The highest BCUT2D eigenvalue weighted by Crippen LogP contribution is 2.40. The lowest BCUT2D eigenvalue weighted by Crippen LogP contribution is -2.06. The van der Waals surface area contributed by atoms with Crippen LogP contribution < -0.4 is 5.84 Å². The predicted octanol–water partition coefficient (Wildman–Crippen LogP) is 7.71. The molecule has 1 aliphatic rings. The number of nitrogens with zero attached hydrogens (tertiary/aromatic N) is 2. The van der Waals surface area contributed by atoms with Crippen molar-refractivity contribution in [1.82, 2.24) is 9.24 Å². The average Bonchev–Trinajstić information content (AvgIpc) is 3.50. The van der Waals surface area contributed by atoms with Crippen molar-refractivity contribution in [1.29, 1.82) is 0 Å². The molecule has 4 aromatic carbocycles. The fraction of sp³-hybridized carbons (Fsp3) is 0.0667. The van der Waals surface area contributed by atoms with Crippen LogP contribution in [0.2, 0.25) is 0 Å². The van der Waals surface area contributed by atoms with Crippen LogP contribution in [0.15, 0.2) is 95.4 Å². The summed E-state index contributed by atoms with van der Waals surface area (Å²) < 4.78 is 10.3. The summed E-state index contributed by atoms with van der Waals surface area (Å²) >= 11 is 0. The van der Waals surface area contributed by atoms with Crippen LogP contribution in [0.4, 0.5) is 0 Å². The van der Waals surface area contributed by atoms with E-state index in [1.165, 1.54) is 27.5 Å². The molecule has 0 spiro atoms. The van der Waals surface area contributed by atoms with E-state index in [1.54, 1.807) is 0 Å². The lowest BCUT2D eigenvalue weighted by Gasteiger charge is -2.12. The number of rotatable bonds is 1. The molecule has 3 aromatic heterocycles. The molecular weight excluding hydrogens is 418 g/mol. The van der Waals surface area contributed by atoms with E-state index in [2.05, 4.69) is 83.5 Å². The highest BCUT2D eigenvalue weighted by Gasteiger charge is 2.19. The zero-order valence-corrected chi connectivity index (χ0v) is 18.5. The van der Waals surface area contributed by atoms with Gasteiger partial charge in [-0.25, -0.2) is 0 Å². The van der Waals surface area contributed by atoms with Gasteiger partial charge in [0.25, 0.3) is 0 Å². The molecule has 1 aliphatic carbocycles. The SMILES string of the molecule is Nn1c2cc3oc4ccccc4c3cc2c2cc3c4ccccc4n(C4=CCCC=C4)c3cc21. The van der Waals surface area contributed by atoms with E-state index in [9.17, 15) is 0 Å². The first-order valence-electron chi connectivity index (χ1n) is 11.7. The van der Waals surface area contributed by atoms with Crippen LogP contribution in [0, 0.1) is 0 Å². The Hall–Kier alpha value is -4.44. The number of benzene rings is 4. The summed E-state index contributed by atoms with van der Waals surface area (Å²) in [5.74, 6) is 6.71. The number of hydrogen-bond acceptors (Lipinski definition) is 2. The first-order chi connectivity index (χ1) is 16.8. The van der Waals surface area contributed by atoms with E-state index in [4.69, 9.17) is 10.3 Å². The monoisotopic (exact) mass is 439 g/mol.